The van der Waals surface area contributed by atoms with Crippen LogP contribution in [0, 0.1) is 0 Å². The van der Waals surface area contributed by atoms with E-state index in [0.717, 1.165) is 11.3 Å². The van der Waals surface area contributed by atoms with Crippen LogP contribution in [0.4, 0.5) is 11.6 Å². The van der Waals surface area contributed by atoms with Gasteiger partial charge in [0.2, 0.25) is 10.9 Å². The van der Waals surface area contributed by atoms with Crippen molar-refractivity contribution >= 4 is 74.6 Å². The number of hydrogen-bond donors (Lipinski definition) is 2. The number of thiazole rings is 1. The van der Waals surface area contributed by atoms with Gasteiger partial charge in [0.25, 0.3) is 11.9 Å². The van der Waals surface area contributed by atoms with Crippen molar-refractivity contribution in [1.29, 1.82) is 0 Å². The van der Waals surface area contributed by atoms with Crippen LogP contribution in [0.2, 0.25) is 15.1 Å². The van der Waals surface area contributed by atoms with E-state index in [1.54, 1.807) is 16.6 Å². The van der Waals surface area contributed by atoms with Gasteiger partial charge in [0.05, 0.1) is 26.3 Å². The molecule has 30 heavy (non-hydrogen) atoms. The summed E-state index contributed by atoms with van der Waals surface area (Å²) in [4.78, 5) is 28.7. The Morgan fingerprint density at radius 2 is 1.70 bits per heavy atom. The van der Waals surface area contributed by atoms with Gasteiger partial charge < -0.3 is 5.32 Å². The summed E-state index contributed by atoms with van der Waals surface area (Å²) >= 11 is 19.6. The fourth-order valence-electron chi connectivity index (χ4n) is 2.76. The van der Waals surface area contributed by atoms with Crippen LogP contribution in [-0.2, 0) is 4.79 Å². The van der Waals surface area contributed by atoms with E-state index >= 15 is 0 Å². The van der Waals surface area contributed by atoms with Gasteiger partial charge in [0, 0.05) is 23.6 Å². The summed E-state index contributed by atoms with van der Waals surface area (Å²) < 4.78 is 1.62. The second kappa shape index (κ2) is 8.23. The molecule has 2 heterocycles. The quantitative estimate of drug-likeness (QED) is 0.371. The predicted molar refractivity (Wildman–Crippen MR) is 120 cm³/mol. The Kier molecular flexibility index (Phi) is 5.66. The molecule has 2 aromatic carbocycles. The molecule has 4 rings (SSSR count). The van der Waals surface area contributed by atoms with Crippen molar-refractivity contribution < 1.29 is 9.59 Å². The minimum absolute atomic E-state index is 0.0535. The van der Waals surface area contributed by atoms with Gasteiger partial charge in [-0.25, -0.2) is 4.52 Å². The Bertz CT molecular complexity index is 1280. The van der Waals surface area contributed by atoms with Crippen LogP contribution < -0.4 is 10.6 Å². The molecule has 2 amide bonds. The topological polar surface area (TPSA) is 88.4 Å². The molecule has 0 spiro atoms. The van der Waals surface area contributed by atoms with Crippen molar-refractivity contribution in [2.75, 3.05) is 10.6 Å². The Morgan fingerprint density at radius 3 is 2.40 bits per heavy atom. The lowest BCUT2D eigenvalue weighted by molar-refractivity contribution is -0.114. The summed E-state index contributed by atoms with van der Waals surface area (Å²) in [6.45, 7) is 1.45. The summed E-state index contributed by atoms with van der Waals surface area (Å²) in [6, 6.07) is 10.3. The summed E-state index contributed by atoms with van der Waals surface area (Å²) in [6.07, 6.45) is 0. The Labute approximate surface area is 189 Å². The number of halogens is 3. The average molecular weight is 481 g/mol. The van der Waals surface area contributed by atoms with E-state index in [0.29, 0.717) is 10.6 Å². The number of carbonyl (C=O) groups is 2. The molecule has 2 aromatic heterocycles. The second-order valence-electron chi connectivity index (χ2n) is 6.18. The minimum atomic E-state index is -0.563. The standard InChI is InChI=1S/C19H12Cl3N5O2S/c1-9(28)23-11-4-2-10(3-5-11)14-8-30-19-25-18(26-27(14)19)24-17(29)15-12(20)6-7-13(21)16(15)22/h2-8H,1H3,(H,23,28)(H,24,26,29). The largest absolute Gasteiger partial charge is 0.326 e. The average Bonchev–Trinajstić information content (AvgIpc) is 3.25. The summed E-state index contributed by atoms with van der Waals surface area (Å²) in [5.74, 6) is -0.598. The first-order valence-electron chi connectivity index (χ1n) is 8.50. The van der Waals surface area contributed by atoms with Crippen LogP contribution in [0.25, 0.3) is 16.2 Å². The fourth-order valence-corrected chi connectivity index (χ4v) is 4.29. The summed E-state index contributed by atoms with van der Waals surface area (Å²) in [5.41, 5.74) is 2.41. The molecule has 0 unspecified atom stereocenters. The molecule has 11 heteroatoms. The SMILES string of the molecule is CC(=O)Nc1ccc(-c2csc3nc(NC(=O)c4c(Cl)ccc(Cl)c4Cl)nn23)cc1. The normalized spacial score (nSPS) is 10.9. The lowest BCUT2D eigenvalue weighted by atomic mass is 10.1. The van der Waals surface area contributed by atoms with Crippen molar-refractivity contribution in [3.8, 4) is 11.3 Å². The Hall–Kier alpha value is -2.65. The number of fused-ring (bicyclic) bond motifs is 1. The maximum absolute atomic E-state index is 12.6. The zero-order valence-corrected chi connectivity index (χ0v) is 18.3. The number of hydrogen-bond acceptors (Lipinski definition) is 5. The molecule has 2 N–H and O–H groups in total. The van der Waals surface area contributed by atoms with Crippen LogP contribution in [0.1, 0.15) is 17.3 Å². The zero-order chi connectivity index (χ0) is 21.4. The van der Waals surface area contributed by atoms with Gasteiger partial charge in [-0.05, 0) is 24.3 Å². The monoisotopic (exact) mass is 479 g/mol. The zero-order valence-electron chi connectivity index (χ0n) is 15.2. The number of nitrogens with zero attached hydrogens (tertiary/aromatic N) is 3. The van der Waals surface area contributed by atoms with Gasteiger partial charge in [0.15, 0.2) is 0 Å². The van der Waals surface area contributed by atoms with Gasteiger partial charge in [0.1, 0.15) is 0 Å². The molecule has 0 atom stereocenters. The van der Waals surface area contributed by atoms with Crippen LogP contribution in [0.15, 0.2) is 41.8 Å². The summed E-state index contributed by atoms with van der Waals surface area (Å²) in [5, 5.41) is 12.0. The number of anilines is 2. The molecule has 0 fully saturated rings. The predicted octanol–water partition coefficient (Wildman–Crippen LogP) is 5.63. The number of amides is 2. The maximum atomic E-state index is 12.6. The van der Waals surface area contributed by atoms with E-state index in [2.05, 4.69) is 20.7 Å². The van der Waals surface area contributed by atoms with Crippen LogP contribution in [0.5, 0.6) is 0 Å². The van der Waals surface area contributed by atoms with E-state index in [4.69, 9.17) is 34.8 Å². The van der Waals surface area contributed by atoms with Gasteiger partial charge in [-0.3, -0.25) is 14.9 Å². The van der Waals surface area contributed by atoms with E-state index in [9.17, 15) is 9.59 Å². The van der Waals surface area contributed by atoms with Crippen molar-refractivity contribution in [3.05, 3.63) is 62.4 Å². The van der Waals surface area contributed by atoms with Crippen LogP contribution in [0.3, 0.4) is 0 Å². The smallest absolute Gasteiger partial charge is 0.261 e. The number of aromatic nitrogens is 3. The highest BCUT2D eigenvalue weighted by molar-refractivity contribution is 7.15. The lowest BCUT2D eigenvalue weighted by Crippen LogP contribution is -2.14. The van der Waals surface area contributed by atoms with Crippen LogP contribution in [-0.4, -0.2) is 26.4 Å². The number of nitrogens with one attached hydrogen (secondary N) is 2. The highest BCUT2D eigenvalue weighted by Crippen LogP contribution is 2.32. The molecule has 0 aliphatic carbocycles. The van der Waals surface area contributed by atoms with Gasteiger partial charge in [-0.2, -0.15) is 4.98 Å². The van der Waals surface area contributed by atoms with Crippen molar-refractivity contribution in [2.45, 2.75) is 6.92 Å². The van der Waals surface area contributed by atoms with Gasteiger partial charge in [-0.15, -0.1) is 16.4 Å². The molecule has 7 nitrogen and oxygen atoms in total. The molecule has 0 aliphatic rings. The minimum Gasteiger partial charge on any atom is -0.326 e. The Balaban J connectivity index is 1.61. The first-order chi connectivity index (χ1) is 14.3. The molecular weight excluding hydrogens is 469 g/mol. The maximum Gasteiger partial charge on any atom is 0.261 e. The summed E-state index contributed by atoms with van der Waals surface area (Å²) in [7, 11) is 0. The number of carbonyl (C=O) groups excluding carboxylic acids is 2. The molecule has 0 radical (unpaired) electrons. The Morgan fingerprint density at radius 1 is 1.00 bits per heavy atom. The van der Waals surface area contributed by atoms with E-state index in [1.807, 2.05) is 17.5 Å². The van der Waals surface area contributed by atoms with E-state index in [1.165, 1.54) is 30.4 Å². The number of benzene rings is 2. The molecule has 4 aromatic rings. The molecule has 0 saturated heterocycles. The number of rotatable bonds is 4. The lowest BCUT2D eigenvalue weighted by Gasteiger charge is -2.07. The highest BCUT2D eigenvalue weighted by Gasteiger charge is 2.20. The van der Waals surface area contributed by atoms with E-state index in [-0.39, 0.29) is 32.5 Å². The first-order valence-corrected chi connectivity index (χ1v) is 10.5. The highest BCUT2D eigenvalue weighted by atomic mass is 35.5. The molecule has 152 valence electrons. The molecule has 0 bridgehead atoms. The molecular formula is C19H12Cl3N5O2S. The van der Waals surface area contributed by atoms with Gasteiger partial charge in [-0.1, -0.05) is 46.9 Å². The van der Waals surface area contributed by atoms with Crippen molar-refractivity contribution in [2.24, 2.45) is 0 Å². The van der Waals surface area contributed by atoms with Crippen LogP contribution >= 0.6 is 46.1 Å². The third kappa shape index (κ3) is 3.99. The molecule has 0 aliphatic heterocycles. The fraction of sp³-hybridized carbons (Fsp3) is 0.0526. The van der Waals surface area contributed by atoms with E-state index < -0.39 is 5.91 Å². The van der Waals surface area contributed by atoms with Gasteiger partial charge >= 0.3 is 0 Å². The third-order valence-electron chi connectivity index (χ3n) is 4.08. The first kappa shape index (κ1) is 20.6. The second-order valence-corrected chi connectivity index (χ2v) is 8.21. The van der Waals surface area contributed by atoms with Crippen molar-refractivity contribution in [3.63, 3.8) is 0 Å². The van der Waals surface area contributed by atoms with Crippen molar-refractivity contribution in [1.82, 2.24) is 14.6 Å². The third-order valence-corrected chi connectivity index (χ3v) is 6.01. The molecule has 0 saturated carbocycles.